The number of fused-ring (bicyclic) bond motifs is 1. The van der Waals surface area contributed by atoms with Gasteiger partial charge < -0.3 is 20.5 Å². The number of hydrogen-bond acceptors (Lipinski definition) is 4. The van der Waals surface area contributed by atoms with E-state index in [1.165, 1.54) is 0 Å². The number of benzene rings is 1. The summed E-state index contributed by atoms with van der Waals surface area (Å²) < 4.78 is 11.0. The van der Waals surface area contributed by atoms with Gasteiger partial charge in [-0.05, 0) is 12.8 Å². The zero-order chi connectivity index (χ0) is 12.3. The van der Waals surface area contributed by atoms with E-state index in [4.69, 9.17) is 15.2 Å². The fourth-order valence-electron chi connectivity index (χ4n) is 1.94. The highest BCUT2D eigenvalue weighted by Crippen LogP contribution is 2.37. The predicted molar refractivity (Wildman–Crippen MR) is 69.8 cm³/mol. The lowest BCUT2D eigenvalue weighted by atomic mass is 10.1. The van der Waals surface area contributed by atoms with Gasteiger partial charge in [-0.3, -0.25) is 0 Å². The highest BCUT2D eigenvalue weighted by Gasteiger charge is 2.15. The topological polar surface area (TPSA) is 56.5 Å². The van der Waals surface area contributed by atoms with Crippen molar-refractivity contribution in [1.82, 2.24) is 0 Å². The molecule has 3 N–H and O–H groups in total. The largest absolute Gasteiger partial charge is 0.486 e. The molecule has 0 radical (unpaired) electrons. The van der Waals surface area contributed by atoms with E-state index in [0.29, 0.717) is 24.9 Å². The average Bonchev–Trinajstić information content (AvgIpc) is 2.36. The van der Waals surface area contributed by atoms with Gasteiger partial charge in [0.25, 0.3) is 0 Å². The van der Waals surface area contributed by atoms with E-state index in [9.17, 15) is 0 Å². The van der Waals surface area contributed by atoms with Gasteiger partial charge in [-0.1, -0.05) is 13.8 Å². The number of ether oxygens (including phenoxy) is 2. The van der Waals surface area contributed by atoms with Gasteiger partial charge in [-0.25, -0.2) is 0 Å². The van der Waals surface area contributed by atoms with Gasteiger partial charge in [0.05, 0.1) is 11.4 Å². The molecule has 4 nitrogen and oxygen atoms in total. The van der Waals surface area contributed by atoms with Gasteiger partial charge in [0.15, 0.2) is 11.5 Å². The normalized spacial score (nSPS) is 13.8. The van der Waals surface area contributed by atoms with E-state index in [-0.39, 0.29) is 0 Å². The first-order valence-electron chi connectivity index (χ1n) is 6.20. The van der Waals surface area contributed by atoms with E-state index in [1.807, 2.05) is 12.1 Å². The summed E-state index contributed by atoms with van der Waals surface area (Å²) in [6.45, 7) is 5.51. The monoisotopic (exact) mass is 236 g/mol. The third kappa shape index (κ3) is 2.57. The molecular formula is C13H20N2O2. The highest BCUT2D eigenvalue weighted by atomic mass is 16.6. The van der Waals surface area contributed by atoms with Crippen molar-refractivity contribution in [3.8, 4) is 11.5 Å². The molecule has 0 amide bonds. The summed E-state index contributed by atoms with van der Waals surface area (Å²) >= 11 is 0. The lowest BCUT2D eigenvalue weighted by Gasteiger charge is -2.22. The molecule has 0 fully saturated rings. The number of rotatable bonds is 4. The average molecular weight is 236 g/mol. The van der Waals surface area contributed by atoms with Crippen LogP contribution in [0.4, 0.5) is 11.4 Å². The number of anilines is 2. The Kier molecular flexibility index (Phi) is 3.61. The first-order valence-corrected chi connectivity index (χ1v) is 6.20. The van der Waals surface area contributed by atoms with Crippen LogP contribution in [0, 0.1) is 0 Å². The molecule has 4 heteroatoms. The molecule has 1 aromatic rings. The number of nitrogens with one attached hydrogen (secondary N) is 1. The van der Waals surface area contributed by atoms with Crippen molar-refractivity contribution >= 4 is 11.4 Å². The van der Waals surface area contributed by atoms with Crippen LogP contribution in [0.2, 0.25) is 0 Å². The molecule has 1 heterocycles. The van der Waals surface area contributed by atoms with Crippen molar-refractivity contribution in [2.45, 2.75) is 32.7 Å². The van der Waals surface area contributed by atoms with Gasteiger partial charge in [0.1, 0.15) is 13.2 Å². The summed E-state index contributed by atoms with van der Waals surface area (Å²) in [6, 6.07) is 4.21. The third-order valence-electron chi connectivity index (χ3n) is 3.06. The van der Waals surface area contributed by atoms with Crippen LogP contribution >= 0.6 is 0 Å². The molecule has 1 aliphatic rings. The molecule has 1 aliphatic heterocycles. The summed E-state index contributed by atoms with van der Waals surface area (Å²) in [5.41, 5.74) is 7.65. The van der Waals surface area contributed by atoms with Crippen LogP contribution in [0.25, 0.3) is 0 Å². The molecule has 2 rings (SSSR count). The lowest BCUT2D eigenvalue weighted by Crippen LogP contribution is -2.19. The second-order valence-electron chi connectivity index (χ2n) is 4.24. The van der Waals surface area contributed by atoms with Crippen LogP contribution in [0.3, 0.4) is 0 Å². The Labute approximate surface area is 102 Å². The first kappa shape index (κ1) is 11.9. The fourth-order valence-corrected chi connectivity index (χ4v) is 1.94. The molecule has 0 aliphatic carbocycles. The number of nitrogens with two attached hydrogens (primary N) is 1. The molecule has 0 saturated carbocycles. The van der Waals surface area contributed by atoms with Crippen LogP contribution < -0.4 is 20.5 Å². The second kappa shape index (κ2) is 5.17. The quantitative estimate of drug-likeness (QED) is 0.789. The van der Waals surface area contributed by atoms with Crippen molar-refractivity contribution in [3.05, 3.63) is 12.1 Å². The third-order valence-corrected chi connectivity index (χ3v) is 3.06. The Hall–Kier alpha value is -1.58. The zero-order valence-electron chi connectivity index (χ0n) is 10.5. The molecule has 0 spiro atoms. The van der Waals surface area contributed by atoms with Crippen molar-refractivity contribution in [1.29, 1.82) is 0 Å². The van der Waals surface area contributed by atoms with Crippen LogP contribution in [0.15, 0.2) is 12.1 Å². The van der Waals surface area contributed by atoms with Gasteiger partial charge >= 0.3 is 0 Å². The van der Waals surface area contributed by atoms with Gasteiger partial charge in [0.2, 0.25) is 0 Å². The Balaban J connectivity index is 2.22. The minimum Gasteiger partial charge on any atom is -0.486 e. The van der Waals surface area contributed by atoms with E-state index < -0.39 is 0 Å². The maximum atomic E-state index is 6.00. The number of nitrogen functional groups attached to an aromatic ring is 1. The van der Waals surface area contributed by atoms with E-state index in [2.05, 4.69) is 19.2 Å². The molecule has 0 saturated heterocycles. The number of hydrogen-bond donors (Lipinski definition) is 2. The minimum atomic E-state index is 0.444. The van der Waals surface area contributed by atoms with Crippen LogP contribution in [-0.4, -0.2) is 19.3 Å². The zero-order valence-corrected chi connectivity index (χ0v) is 10.5. The van der Waals surface area contributed by atoms with Crippen LogP contribution in [-0.2, 0) is 0 Å². The van der Waals surface area contributed by atoms with Crippen LogP contribution in [0.1, 0.15) is 26.7 Å². The summed E-state index contributed by atoms with van der Waals surface area (Å²) in [6.07, 6.45) is 2.15. The smallest absolute Gasteiger partial charge is 0.163 e. The molecule has 0 aromatic heterocycles. The van der Waals surface area contributed by atoms with Crippen molar-refractivity contribution in [3.63, 3.8) is 0 Å². The maximum Gasteiger partial charge on any atom is 0.163 e. The SMILES string of the molecule is CCC(CC)Nc1cc2c(cc1N)OCCO2. The molecule has 1 aromatic carbocycles. The highest BCUT2D eigenvalue weighted by molar-refractivity contribution is 5.72. The summed E-state index contributed by atoms with van der Waals surface area (Å²) in [7, 11) is 0. The van der Waals surface area contributed by atoms with Crippen molar-refractivity contribution in [2.75, 3.05) is 24.3 Å². The Morgan fingerprint density at radius 3 is 2.35 bits per heavy atom. The van der Waals surface area contributed by atoms with Gasteiger partial charge in [-0.2, -0.15) is 0 Å². The second-order valence-corrected chi connectivity index (χ2v) is 4.24. The molecule has 0 atom stereocenters. The summed E-state index contributed by atoms with van der Waals surface area (Å²) in [5, 5.41) is 3.44. The van der Waals surface area contributed by atoms with E-state index in [0.717, 1.165) is 30.0 Å². The van der Waals surface area contributed by atoms with Gasteiger partial charge in [0, 0.05) is 18.2 Å². The molecule has 0 bridgehead atoms. The summed E-state index contributed by atoms with van der Waals surface area (Å²) in [5.74, 6) is 1.52. The maximum absolute atomic E-state index is 6.00. The van der Waals surface area contributed by atoms with Crippen molar-refractivity contribution in [2.24, 2.45) is 0 Å². The van der Waals surface area contributed by atoms with Gasteiger partial charge in [-0.15, -0.1) is 0 Å². The Morgan fingerprint density at radius 2 is 1.76 bits per heavy atom. The Morgan fingerprint density at radius 1 is 1.18 bits per heavy atom. The fraction of sp³-hybridized carbons (Fsp3) is 0.538. The van der Waals surface area contributed by atoms with Crippen molar-refractivity contribution < 1.29 is 9.47 Å². The van der Waals surface area contributed by atoms with Crippen LogP contribution in [0.5, 0.6) is 11.5 Å². The molecule has 17 heavy (non-hydrogen) atoms. The summed E-state index contributed by atoms with van der Waals surface area (Å²) in [4.78, 5) is 0. The van der Waals surface area contributed by atoms with E-state index >= 15 is 0 Å². The predicted octanol–water partition coefficient (Wildman–Crippen LogP) is 2.64. The van der Waals surface area contributed by atoms with E-state index in [1.54, 1.807) is 0 Å². The minimum absolute atomic E-state index is 0.444. The molecule has 0 unspecified atom stereocenters. The Bertz CT molecular complexity index is 389. The lowest BCUT2D eigenvalue weighted by molar-refractivity contribution is 0.172. The standard InChI is InChI=1S/C13H20N2O2/c1-3-9(4-2)15-11-8-13-12(7-10(11)14)16-5-6-17-13/h7-9,15H,3-6,14H2,1-2H3. The molecule has 94 valence electrons. The first-order chi connectivity index (χ1) is 8.24. The molecular weight excluding hydrogens is 216 g/mol.